The maximum atomic E-state index is 14.4. The lowest BCUT2D eigenvalue weighted by Gasteiger charge is -2.62. The third-order valence-corrected chi connectivity index (χ3v) is 11.8. The molecule has 2 amide bonds. The van der Waals surface area contributed by atoms with Gasteiger partial charge in [0, 0.05) is 50.9 Å². The molecule has 1 saturated heterocycles. The van der Waals surface area contributed by atoms with Gasteiger partial charge in [0.1, 0.15) is 6.04 Å². The molecule has 4 N–H and O–H groups in total. The van der Waals surface area contributed by atoms with Crippen LogP contribution in [0.2, 0.25) is 0 Å². The Morgan fingerprint density at radius 3 is 2.46 bits per heavy atom. The molecule has 6 rings (SSSR count). The van der Waals surface area contributed by atoms with Crippen molar-refractivity contribution in [2.45, 2.75) is 92.1 Å². The Morgan fingerprint density at radius 2 is 1.85 bits per heavy atom. The number of aliphatic hydroxyl groups is 1. The number of amides is 2. The first-order chi connectivity index (χ1) is 22.6. The zero-order valence-electron chi connectivity index (χ0n) is 30.8. The van der Waals surface area contributed by atoms with E-state index in [1.54, 1.807) is 14.0 Å². The Kier molecular flexibility index (Phi) is 10.9. The number of nitrogens with zero attached hydrogens (tertiary/aromatic N) is 2. The van der Waals surface area contributed by atoms with E-state index in [1.165, 1.54) is 6.42 Å². The van der Waals surface area contributed by atoms with E-state index < -0.39 is 18.1 Å². The fraction of sp³-hybridized carbons (Fsp3) is 0.641. The molecule has 3 saturated carbocycles. The number of rotatable bonds is 12. The lowest BCUT2D eigenvalue weighted by atomic mass is 9.45. The molecule has 0 spiro atoms. The standard InChI is InChI=1S/C39H59N5O4/c1-22(2)19-41-20-34-35(25(5)45)36(38(47)42-33-18-29-17-32(24(33)4)39(29,6)7)44(48-34)21-26-12-11-13-31(23(26)3)27-14-28(37(46)40-8)16-30(15-27)43(9)10/h11-16,22,24-25,29,32-36,41,45H,17-21H2,1-10H3,(H,40,46)(H,42,47)/t24-,25-,29+,32-,33-,34-,35+,36-/m0/s1. The van der Waals surface area contributed by atoms with Crippen molar-refractivity contribution >= 4 is 17.5 Å². The molecule has 9 heteroatoms. The van der Waals surface area contributed by atoms with E-state index in [9.17, 15) is 14.7 Å². The molecule has 8 atom stereocenters. The summed E-state index contributed by atoms with van der Waals surface area (Å²) in [7, 11) is 5.58. The first-order valence-corrected chi connectivity index (χ1v) is 17.9. The zero-order valence-corrected chi connectivity index (χ0v) is 30.8. The number of carbonyl (C=O) groups excluding carboxylic acids is 2. The van der Waals surface area contributed by atoms with Crippen molar-refractivity contribution in [3.8, 4) is 11.1 Å². The van der Waals surface area contributed by atoms with Crippen molar-refractivity contribution in [1.29, 1.82) is 0 Å². The predicted octanol–water partition coefficient (Wildman–Crippen LogP) is 5.00. The molecule has 48 heavy (non-hydrogen) atoms. The highest BCUT2D eigenvalue weighted by Crippen LogP contribution is 2.61. The SMILES string of the molecule is CNC(=O)c1cc(-c2cccc(CN3O[C@@H](CNCC(C)C)[C@@H]([C@H](C)O)[C@H]3C(=O)N[C@H]3C[C@H]4C[C@@H]([C@@H]3C)C4(C)C)c2C)cc(N(C)C)c1. The largest absolute Gasteiger partial charge is 0.393 e. The predicted molar refractivity (Wildman–Crippen MR) is 193 cm³/mol. The van der Waals surface area contributed by atoms with Crippen LogP contribution in [0.1, 0.15) is 75.9 Å². The van der Waals surface area contributed by atoms with E-state index in [0.717, 1.165) is 40.9 Å². The molecule has 2 aromatic carbocycles. The molecular formula is C39H59N5O4. The Morgan fingerprint density at radius 1 is 1.12 bits per heavy atom. The normalized spacial score (nSPS) is 28.5. The van der Waals surface area contributed by atoms with Gasteiger partial charge in [-0.1, -0.05) is 52.8 Å². The van der Waals surface area contributed by atoms with E-state index in [1.807, 2.05) is 42.3 Å². The van der Waals surface area contributed by atoms with Crippen LogP contribution in [0, 0.1) is 41.9 Å². The minimum absolute atomic E-state index is 0.0640. The number of nitrogens with one attached hydrogen (secondary N) is 3. The summed E-state index contributed by atoms with van der Waals surface area (Å²) in [5.74, 6) is 1.50. The average Bonchev–Trinajstić information content (AvgIpc) is 3.39. The van der Waals surface area contributed by atoms with Crippen molar-refractivity contribution in [2.75, 3.05) is 39.1 Å². The number of fused-ring (bicyclic) bond motifs is 2. The number of hydrogen-bond donors (Lipinski definition) is 4. The summed E-state index contributed by atoms with van der Waals surface area (Å²) in [6.07, 6.45) is 1.15. The summed E-state index contributed by atoms with van der Waals surface area (Å²) in [6.45, 7) is 17.0. The second-order valence-electron chi connectivity index (χ2n) is 15.9. The average molecular weight is 662 g/mol. The molecule has 0 unspecified atom stereocenters. The van der Waals surface area contributed by atoms with Gasteiger partial charge in [0.05, 0.1) is 18.8 Å². The van der Waals surface area contributed by atoms with Crippen LogP contribution in [0.3, 0.4) is 0 Å². The van der Waals surface area contributed by atoms with Gasteiger partial charge in [-0.15, -0.1) is 0 Å². The van der Waals surface area contributed by atoms with Crippen LogP contribution >= 0.6 is 0 Å². The molecule has 4 fully saturated rings. The summed E-state index contributed by atoms with van der Waals surface area (Å²) in [5.41, 5.74) is 5.90. The summed E-state index contributed by atoms with van der Waals surface area (Å²) >= 11 is 0. The van der Waals surface area contributed by atoms with Crippen LogP contribution in [0.25, 0.3) is 11.1 Å². The third-order valence-electron chi connectivity index (χ3n) is 11.8. The molecule has 264 valence electrons. The lowest BCUT2D eigenvalue weighted by molar-refractivity contribution is -0.176. The minimum Gasteiger partial charge on any atom is -0.393 e. The number of anilines is 1. The third kappa shape index (κ3) is 7.16. The van der Waals surface area contributed by atoms with Gasteiger partial charge in [0.15, 0.2) is 0 Å². The lowest BCUT2D eigenvalue weighted by Crippen LogP contribution is -2.62. The van der Waals surface area contributed by atoms with E-state index in [-0.39, 0.29) is 24.0 Å². The fourth-order valence-corrected chi connectivity index (χ4v) is 8.65. The van der Waals surface area contributed by atoms with E-state index in [0.29, 0.717) is 47.7 Å². The van der Waals surface area contributed by atoms with Gasteiger partial charge < -0.3 is 26.0 Å². The maximum Gasteiger partial charge on any atom is 0.251 e. The summed E-state index contributed by atoms with van der Waals surface area (Å²) in [5, 5.41) is 22.7. The van der Waals surface area contributed by atoms with Gasteiger partial charge in [0.25, 0.3) is 5.91 Å². The highest BCUT2D eigenvalue weighted by Gasteiger charge is 2.57. The van der Waals surface area contributed by atoms with Gasteiger partial charge in [-0.25, -0.2) is 0 Å². The van der Waals surface area contributed by atoms with Crippen LogP contribution < -0.4 is 20.9 Å². The Balaban J connectivity index is 1.45. The van der Waals surface area contributed by atoms with Gasteiger partial charge in [-0.2, -0.15) is 5.06 Å². The second kappa shape index (κ2) is 14.5. The van der Waals surface area contributed by atoms with Crippen molar-refractivity contribution in [1.82, 2.24) is 21.0 Å². The monoisotopic (exact) mass is 661 g/mol. The van der Waals surface area contributed by atoms with Gasteiger partial charge in [-0.05, 0) is 103 Å². The van der Waals surface area contributed by atoms with Crippen LogP contribution in [0.15, 0.2) is 36.4 Å². The molecule has 3 aliphatic carbocycles. The maximum absolute atomic E-state index is 14.4. The number of aliphatic hydroxyl groups excluding tert-OH is 1. The van der Waals surface area contributed by atoms with E-state index in [2.05, 4.69) is 75.7 Å². The van der Waals surface area contributed by atoms with E-state index in [4.69, 9.17) is 4.84 Å². The number of hydroxylamine groups is 2. The molecule has 9 nitrogen and oxygen atoms in total. The molecule has 0 aromatic heterocycles. The van der Waals surface area contributed by atoms with Crippen molar-refractivity contribution in [2.24, 2.45) is 35.0 Å². The van der Waals surface area contributed by atoms with Gasteiger partial charge in [0.2, 0.25) is 5.91 Å². The molecule has 2 bridgehead atoms. The topological polar surface area (TPSA) is 106 Å². The Labute approximate surface area is 288 Å². The molecule has 0 radical (unpaired) electrons. The van der Waals surface area contributed by atoms with Crippen molar-refractivity contribution in [3.05, 3.63) is 53.1 Å². The second-order valence-corrected chi connectivity index (χ2v) is 15.9. The quantitative estimate of drug-likeness (QED) is 0.254. The zero-order chi connectivity index (χ0) is 35.1. The van der Waals surface area contributed by atoms with Gasteiger partial charge in [-0.3, -0.25) is 14.4 Å². The summed E-state index contributed by atoms with van der Waals surface area (Å²) < 4.78 is 0. The summed E-state index contributed by atoms with van der Waals surface area (Å²) in [4.78, 5) is 35.7. The minimum atomic E-state index is -0.739. The molecule has 2 aromatic rings. The van der Waals surface area contributed by atoms with E-state index >= 15 is 0 Å². The molecule has 4 aliphatic rings. The first-order valence-electron chi connectivity index (χ1n) is 17.9. The van der Waals surface area contributed by atoms with Crippen molar-refractivity contribution < 1.29 is 19.5 Å². The number of carbonyl (C=O) groups is 2. The molecule has 1 heterocycles. The van der Waals surface area contributed by atoms with Crippen LogP contribution in [0.5, 0.6) is 0 Å². The number of benzene rings is 2. The van der Waals surface area contributed by atoms with Gasteiger partial charge >= 0.3 is 0 Å². The van der Waals surface area contributed by atoms with Crippen LogP contribution in [-0.4, -0.2) is 80.5 Å². The van der Waals surface area contributed by atoms with Crippen molar-refractivity contribution in [3.63, 3.8) is 0 Å². The highest BCUT2D eigenvalue weighted by molar-refractivity contribution is 5.96. The van der Waals surface area contributed by atoms with Crippen LogP contribution in [0.4, 0.5) is 5.69 Å². The Bertz CT molecular complexity index is 1470. The fourth-order valence-electron chi connectivity index (χ4n) is 8.65. The molecule has 1 aliphatic heterocycles. The smallest absolute Gasteiger partial charge is 0.251 e. The highest BCUT2D eigenvalue weighted by atomic mass is 16.7. The Hall–Kier alpha value is -2.98. The number of hydrogen-bond acceptors (Lipinski definition) is 7. The molecular weight excluding hydrogens is 602 g/mol. The van der Waals surface area contributed by atoms with Crippen LogP contribution in [-0.2, 0) is 16.2 Å². The first kappa shape index (κ1) is 36.3. The summed E-state index contributed by atoms with van der Waals surface area (Å²) in [6, 6.07) is 11.6.